The van der Waals surface area contributed by atoms with Crippen LogP contribution in [0.5, 0.6) is 11.5 Å². The van der Waals surface area contributed by atoms with Gasteiger partial charge in [0.1, 0.15) is 17.3 Å². The van der Waals surface area contributed by atoms with E-state index in [0.717, 1.165) is 24.3 Å². The number of carbonyl (C=O) groups excluding carboxylic acids is 1. The number of rotatable bonds is 7. The van der Waals surface area contributed by atoms with Gasteiger partial charge in [0.05, 0.1) is 41.2 Å². The third-order valence-electron chi connectivity index (χ3n) is 6.46. The number of halogens is 3. The molecule has 9 nitrogen and oxygen atoms in total. The number of anilines is 4. The molecular formula is C27H29Cl2FN6O3. The Morgan fingerprint density at radius 3 is 2.15 bits per heavy atom. The molecule has 1 aliphatic rings. The van der Waals surface area contributed by atoms with Crippen molar-refractivity contribution < 1.29 is 18.7 Å². The van der Waals surface area contributed by atoms with E-state index in [0.29, 0.717) is 36.0 Å². The van der Waals surface area contributed by atoms with Crippen LogP contribution in [0.2, 0.25) is 10.0 Å². The number of carbonyl (C=O) groups is 1. The summed E-state index contributed by atoms with van der Waals surface area (Å²) in [4.78, 5) is 24.2. The second-order valence-corrected chi connectivity index (χ2v) is 9.72. The molecule has 2 aromatic carbocycles. The fraction of sp³-hybridized carbons (Fsp3) is 0.296. The van der Waals surface area contributed by atoms with Gasteiger partial charge in [-0.3, -0.25) is 4.79 Å². The molecule has 0 spiro atoms. The third kappa shape index (κ3) is 6.12. The molecule has 2 heterocycles. The average Bonchev–Trinajstić information content (AvgIpc) is 2.92. The molecule has 1 fully saturated rings. The van der Waals surface area contributed by atoms with Gasteiger partial charge in [0.2, 0.25) is 11.9 Å². The fourth-order valence-electron chi connectivity index (χ4n) is 4.33. The van der Waals surface area contributed by atoms with Crippen LogP contribution in [0.1, 0.15) is 23.6 Å². The summed E-state index contributed by atoms with van der Waals surface area (Å²) in [5.74, 6) is 0.131. The van der Waals surface area contributed by atoms with Gasteiger partial charge < -0.3 is 30.3 Å². The average molecular weight is 575 g/mol. The number of nitrogen functional groups attached to an aromatic ring is 1. The maximum atomic E-state index is 15.3. The number of aryl methyl sites for hydroxylation is 1. The van der Waals surface area contributed by atoms with Crippen molar-refractivity contribution in [3.05, 3.63) is 57.3 Å². The summed E-state index contributed by atoms with van der Waals surface area (Å²) in [5.41, 5.74) is 9.82. The molecule has 1 aromatic heterocycles. The first-order valence-electron chi connectivity index (χ1n) is 12.1. The summed E-state index contributed by atoms with van der Waals surface area (Å²) in [5, 5.41) is 3.18. The van der Waals surface area contributed by atoms with Crippen LogP contribution in [-0.2, 0) is 4.79 Å². The Hall–Kier alpha value is -3.76. The molecule has 3 aromatic rings. The summed E-state index contributed by atoms with van der Waals surface area (Å²) in [6.45, 7) is 6.34. The third-order valence-corrected chi connectivity index (χ3v) is 7.21. The molecular weight excluding hydrogens is 546 g/mol. The number of methoxy groups -OCH3 is 2. The molecule has 3 N–H and O–H groups in total. The molecule has 0 radical (unpaired) electrons. The Morgan fingerprint density at radius 2 is 1.64 bits per heavy atom. The highest BCUT2D eigenvalue weighted by atomic mass is 35.5. The second kappa shape index (κ2) is 12.0. The van der Waals surface area contributed by atoms with Crippen molar-refractivity contribution in [1.82, 2.24) is 14.9 Å². The van der Waals surface area contributed by atoms with E-state index < -0.39 is 5.83 Å². The van der Waals surface area contributed by atoms with E-state index in [4.69, 9.17) is 38.4 Å². The van der Waals surface area contributed by atoms with Crippen molar-refractivity contribution in [1.29, 1.82) is 0 Å². The SMILES string of the molecule is COc1cc(OC)c(Cl)c(/C(F)=C/c2cnc(Nc3c(C)cc(N4CCN(C(C)=O)CC4)cc3N)nc2)c1Cl. The summed E-state index contributed by atoms with van der Waals surface area (Å²) in [7, 11) is 2.83. The van der Waals surface area contributed by atoms with Crippen LogP contribution in [0, 0.1) is 6.92 Å². The summed E-state index contributed by atoms with van der Waals surface area (Å²) in [6.07, 6.45) is 4.14. The highest BCUT2D eigenvalue weighted by Crippen LogP contribution is 2.44. The van der Waals surface area contributed by atoms with Gasteiger partial charge in [-0.15, -0.1) is 0 Å². The predicted octanol–water partition coefficient (Wildman–Crippen LogP) is 5.57. The maximum Gasteiger partial charge on any atom is 0.227 e. The lowest BCUT2D eigenvalue weighted by Crippen LogP contribution is -2.48. The Bertz CT molecular complexity index is 1360. The number of hydrogen-bond acceptors (Lipinski definition) is 8. The van der Waals surface area contributed by atoms with E-state index in [1.165, 1.54) is 38.8 Å². The van der Waals surface area contributed by atoms with Gasteiger partial charge in [-0.2, -0.15) is 0 Å². The normalized spacial score (nSPS) is 13.9. The van der Waals surface area contributed by atoms with Gasteiger partial charge in [0, 0.05) is 62.8 Å². The van der Waals surface area contributed by atoms with E-state index in [2.05, 4.69) is 20.2 Å². The lowest BCUT2D eigenvalue weighted by atomic mass is 10.1. The number of hydrogen-bond donors (Lipinski definition) is 2. The van der Waals surface area contributed by atoms with Crippen LogP contribution in [-0.4, -0.2) is 61.2 Å². The lowest BCUT2D eigenvalue weighted by molar-refractivity contribution is -0.129. The quantitative estimate of drug-likeness (QED) is 0.353. The van der Waals surface area contributed by atoms with E-state index in [9.17, 15) is 4.79 Å². The van der Waals surface area contributed by atoms with E-state index in [1.54, 1.807) is 6.92 Å². The minimum atomic E-state index is -0.702. The topological polar surface area (TPSA) is 106 Å². The number of nitrogens with one attached hydrogen (secondary N) is 1. The zero-order chi connectivity index (χ0) is 28.3. The molecule has 39 heavy (non-hydrogen) atoms. The van der Waals surface area contributed by atoms with Gasteiger partial charge in [-0.1, -0.05) is 23.2 Å². The number of nitrogens with zero attached hydrogens (tertiary/aromatic N) is 4. The van der Waals surface area contributed by atoms with Crippen LogP contribution >= 0.6 is 23.2 Å². The standard InChI is InChI=1S/C27H29Cl2FN6O3/c1-15-9-18(36-7-5-35(6-8-36)16(2)37)11-20(31)26(15)34-27-32-13-17(14-33-27)10-19(30)23-24(28)21(38-3)12-22(39-4)25(23)29/h9-14H,5-8,31H2,1-4H3,(H,32,33,34)/b19-10-. The lowest BCUT2D eigenvalue weighted by Gasteiger charge is -2.36. The van der Waals surface area contributed by atoms with Gasteiger partial charge in [-0.25, -0.2) is 14.4 Å². The number of ether oxygens (including phenoxy) is 2. The Balaban J connectivity index is 1.51. The van der Waals surface area contributed by atoms with E-state index in [-0.39, 0.29) is 33.0 Å². The molecule has 0 bridgehead atoms. The number of piperazine rings is 1. The van der Waals surface area contributed by atoms with Crippen LogP contribution < -0.4 is 25.4 Å². The summed E-state index contributed by atoms with van der Waals surface area (Å²) in [6, 6.07) is 5.41. The molecule has 1 saturated heterocycles. The van der Waals surface area contributed by atoms with Crippen LogP contribution in [0.3, 0.4) is 0 Å². The second-order valence-electron chi connectivity index (χ2n) is 8.96. The highest BCUT2D eigenvalue weighted by Gasteiger charge is 2.22. The molecule has 4 rings (SSSR count). The van der Waals surface area contributed by atoms with Crippen molar-refractivity contribution in [3.8, 4) is 11.5 Å². The first-order valence-corrected chi connectivity index (χ1v) is 12.9. The first kappa shape index (κ1) is 28.3. The molecule has 12 heteroatoms. The van der Waals surface area contributed by atoms with Crippen molar-refractivity contribution >= 4 is 64.0 Å². The molecule has 0 unspecified atom stereocenters. The van der Waals surface area contributed by atoms with Crippen LogP contribution in [0.25, 0.3) is 11.9 Å². The van der Waals surface area contributed by atoms with Crippen molar-refractivity contribution in [3.63, 3.8) is 0 Å². The molecule has 0 aliphatic carbocycles. The minimum Gasteiger partial charge on any atom is -0.495 e. The van der Waals surface area contributed by atoms with Gasteiger partial charge in [0.25, 0.3) is 0 Å². The number of amides is 1. The Morgan fingerprint density at radius 1 is 1.05 bits per heavy atom. The molecule has 0 saturated carbocycles. The minimum absolute atomic E-state index is 0.0198. The molecule has 1 amide bonds. The number of aromatic nitrogens is 2. The Labute approximate surface area is 236 Å². The van der Waals surface area contributed by atoms with Gasteiger partial charge in [-0.05, 0) is 30.7 Å². The highest BCUT2D eigenvalue weighted by molar-refractivity contribution is 6.39. The Kier molecular flexibility index (Phi) is 8.66. The maximum absolute atomic E-state index is 15.3. The van der Waals surface area contributed by atoms with Crippen molar-refractivity contribution in [2.45, 2.75) is 13.8 Å². The number of benzene rings is 2. The van der Waals surface area contributed by atoms with Gasteiger partial charge in [0.15, 0.2) is 0 Å². The smallest absolute Gasteiger partial charge is 0.227 e. The zero-order valence-electron chi connectivity index (χ0n) is 22.0. The fourth-order valence-corrected chi connectivity index (χ4v) is 5.01. The summed E-state index contributed by atoms with van der Waals surface area (Å²) < 4.78 is 25.7. The monoisotopic (exact) mass is 574 g/mol. The molecule has 0 atom stereocenters. The van der Waals surface area contributed by atoms with Crippen LogP contribution in [0.4, 0.5) is 27.4 Å². The van der Waals surface area contributed by atoms with Crippen molar-refractivity contribution in [2.75, 3.05) is 56.3 Å². The molecule has 1 aliphatic heterocycles. The van der Waals surface area contributed by atoms with Crippen LogP contribution in [0.15, 0.2) is 30.6 Å². The number of nitrogens with two attached hydrogens (primary N) is 1. The van der Waals surface area contributed by atoms with Crippen molar-refractivity contribution in [2.24, 2.45) is 0 Å². The van der Waals surface area contributed by atoms with E-state index >= 15 is 4.39 Å². The molecule has 206 valence electrons. The van der Waals surface area contributed by atoms with Gasteiger partial charge >= 0.3 is 0 Å². The largest absolute Gasteiger partial charge is 0.495 e. The predicted molar refractivity (Wildman–Crippen MR) is 154 cm³/mol. The zero-order valence-corrected chi connectivity index (χ0v) is 23.5. The first-order chi connectivity index (χ1) is 18.6. The van der Waals surface area contributed by atoms with E-state index in [1.807, 2.05) is 24.0 Å². The summed E-state index contributed by atoms with van der Waals surface area (Å²) >= 11 is 12.6.